The lowest BCUT2D eigenvalue weighted by Gasteiger charge is -2.38. The Bertz CT molecular complexity index is 1060. The summed E-state index contributed by atoms with van der Waals surface area (Å²) in [7, 11) is 3.08. The van der Waals surface area contributed by atoms with Gasteiger partial charge in [0.1, 0.15) is 17.3 Å². The number of aliphatic hydroxyl groups is 1. The van der Waals surface area contributed by atoms with Crippen molar-refractivity contribution < 1.29 is 14.6 Å². The first-order valence-corrected chi connectivity index (χ1v) is 10.7. The molecule has 0 atom stereocenters. The number of rotatable bonds is 4. The van der Waals surface area contributed by atoms with Gasteiger partial charge in [0.25, 0.3) is 0 Å². The molecule has 1 aliphatic rings. The molecule has 1 saturated heterocycles. The van der Waals surface area contributed by atoms with Crippen LogP contribution in [0.15, 0.2) is 18.3 Å². The molecule has 3 aromatic rings. The second-order valence-electron chi connectivity index (χ2n) is 7.32. The molecule has 166 valence electrons. The molecule has 1 aliphatic heterocycles. The predicted molar refractivity (Wildman–Crippen MR) is 125 cm³/mol. The van der Waals surface area contributed by atoms with Crippen LogP contribution in [0.1, 0.15) is 19.5 Å². The third-order valence-electron chi connectivity index (χ3n) is 4.86. The van der Waals surface area contributed by atoms with Crippen LogP contribution in [0.3, 0.4) is 0 Å². The smallest absolute Gasteiger partial charge is 0.165 e. The monoisotopic (exact) mass is 464 g/mol. The zero-order valence-electron chi connectivity index (χ0n) is 18.2. The molecule has 1 fully saturated rings. The van der Waals surface area contributed by atoms with E-state index in [1.807, 2.05) is 13.0 Å². The second-order valence-corrected chi connectivity index (χ2v) is 8.08. The van der Waals surface area contributed by atoms with Crippen LogP contribution < -0.4 is 14.4 Å². The minimum absolute atomic E-state index is 0.250. The average Bonchev–Trinajstić information content (AvgIpc) is 2.72. The van der Waals surface area contributed by atoms with Crippen molar-refractivity contribution in [3.05, 3.63) is 34.1 Å². The van der Waals surface area contributed by atoms with Gasteiger partial charge in [0, 0.05) is 36.8 Å². The Morgan fingerprint density at radius 1 is 1.10 bits per heavy atom. The van der Waals surface area contributed by atoms with Gasteiger partial charge in [-0.15, -0.1) is 0 Å². The Morgan fingerprint density at radius 3 is 2.19 bits per heavy atom. The van der Waals surface area contributed by atoms with Gasteiger partial charge in [0.05, 0.1) is 41.5 Å². The van der Waals surface area contributed by atoms with Gasteiger partial charge in [-0.2, -0.15) is 0 Å². The first-order valence-electron chi connectivity index (χ1n) is 9.95. The molecular formula is C22H26Cl2N4O3. The molecule has 0 aliphatic carbocycles. The summed E-state index contributed by atoms with van der Waals surface area (Å²) in [6.07, 6.45) is 1.75. The summed E-state index contributed by atoms with van der Waals surface area (Å²) in [4.78, 5) is 16.2. The van der Waals surface area contributed by atoms with E-state index in [1.54, 1.807) is 33.4 Å². The minimum atomic E-state index is 0.250. The van der Waals surface area contributed by atoms with Crippen LogP contribution in [-0.2, 0) is 0 Å². The maximum Gasteiger partial charge on any atom is 0.165 e. The van der Waals surface area contributed by atoms with E-state index in [9.17, 15) is 0 Å². The zero-order chi connectivity index (χ0) is 22.7. The maximum atomic E-state index is 7.57. The van der Waals surface area contributed by atoms with E-state index in [4.69, 9.17) is 47.8 Å². The van der Waals surface area contributed by atoms with Crippen LogP contribution in [0.4, 0.5) is 5.82 Å². The molecule has 9 heteroatoms. The Hall–Kier alpha value is -2.35. The standard InChI is InChI=1S/C20H20Cl2N4O2.C2H6O/c1-10-8-26(9-10)20-12-5-11(2)23-7-13(12)24-19(25-20)16-17(21)14(27-3)6-15(28-4)18(16)22;1-2-3/h5-7,10H,8-9H2,1-4H3;3H,2H2,1H3. The van der Waals surface area contributed by atoms with Crippen LogP contribution in [0.5, 0.6) is 11.5 Å². The Kier molecular flexibility index (Phi) is 7.41. The molecule has 4 rings (SSSR count). The van der Waals surface area contributed by atoms with Crippen LogP contribution in [-0.4, -0.2) is 54.0 Å². The highest BCUT2D eigenvalue weighted by atomic mass is 35.5. The number of benzene rings is 1. The SMILES string of the molecule is CCO.COc1cc(OC)c(Cl)c(-c2nc(N3CC(C)C3)c3cc(C)ncc3n2)c1Cl. The highest BCUT2D eigenvalue weighted by molar-refractivity contribution is 6.41. The maximum absolute atomic E-state index is 7.57. The van der Waals surface area contributed by atoms with E-state index in [-0.39, 0.29) is 6.61 Å². The van der Waals surface area contributed by atoms with E-state index >= 15 is 0 Å². The molecule has 7 nitrogen and oxygen atoms in total. The molecule has 0 spiro atoms. The van der Waals surface area contributed by atoms with E-state index in [1.165, 1.54) is 0 Å². The molecule has 0 bridgehead atoms. The first-order chi connectivity index (χ1) is 14.8. The van der Waals surface area contributed by atoms with E-state index < -0.39 is 0 Å². The fourth-order valence-corrected chi connectivity index (χ4v) is 4.10. The Morgan fingerprint density at radius 2 is 1.68 bits per heavy atom. The summed E-state index contributed by atoms with van der Waals surface area (Å²) in [5.41, 5.74) is 2.13. The average molecular weight is 465 g/mol. The number of aromatic nitrogens is 3. The van der Waals surface area contributed by atoms with Crippen molar-refractivity contribution in [1.82, 2.24) is 15.0 Å². The number of hydrogen-bond donors (Lipinski definition) is 1. The summed E-state index contributed by atoms with van der Waals surface area (Å²) >= 11 is 13.2. The van der Waals surface area contributed by atoms with Gasteiger partial charge >= 0.3 is 0 Å². The summed E-state index contributed by atoms with van der Waals surface area (Å²) in [6, 6.07) is 3.66. The fourth-order valence-electron chi connectivity index (χ4n) is 3.43. The number of anilines is 1. The van der Waals surface area contributed by atoms with Crippen molar-refractivity contribution in [2.75, 3.05) is 38.8 Å². The molecule has 1 aromatic carbocycles. The number of pyridine rings is 1. The molecule has 0 radical (unpaired) electrons. The fraction of sp³-hybridized carbons (Fsp3) is 0.409. The van der Waals surface area contributed by atoms with Gasteiger partial charge in [0.15, 0.2) is 5.82 Å². The van der Waals surface area contributed by atoms with Crippen molar-refractivity contribution in [3.8, 4) is 22.9 Å². The molecule has 0 saturated carbocycles. The topological polar surface area (TPSA) is 80.6 Å². The van der Waals surface area contributed by atoms with E-state index in [0.29, 0.717) is 38.9 Å². The number of nitrogens with zero attached hydrogens (tertiary/aromatic N) is 4. The van der Waals surface area contributed by atoms with Gasteiger partial charge in [-0.1, -0.05) is 30.1 Å². The molecule has 1 N–H and O–H groups in total. The normalized spacial score (nSPS) is 13.5. The van der Waals surface area contributed by atoms with Gasteiger partial charge in [-0.3, -0.25) is 4.98 Å². The van der Waals surface area contributed by atoms with E-state index in [0.717, 1.165) is 35.5 Å². The quantitative estimate of drug-likeness (QED) is 0.594. The van der Waals surface area contributed by atoms with Crippen molar-refractivity contribution in [2.24, 2.45) is 5.92 Å². The largest absolute Gasteiger partial charge is 0.495 e. The van der Waals surface area contributed by atoms with Crippen LogP contribution in [0.2, 0.25) is 10.0 Å². The molecule has 31 heavy (non-hydrogen) atoms. The van der Waals surface area contributed by atoms with Crippen LogP contribution in [0, 0.1) is 12.8 Å². The van der Waals surface area contributed by atoms with Crippen molar-refractivity contribution in [3.63, 3.8) is 0 Å². The summed E-state index contributed by atoms with van der Waals surface area (Å²) in [5.74, 6) is 2.79. The van der Waals surface area contributed by atoms with Crippen LogP contribution >= 0.6 is 23.2 Å². The number of aliphatic hydroxyl groups excluding tert-OH is 1. The Labute approximate surface area is 192 Å². The third kappa shape index (κ3) is 4.63. The number of fused-ring (bicyclic) bond motifs is 1. The second kappa shape index (κ2) is 9.85. The van der Waals surface area contributed by atoms with E-state index in [2.05, 4.69) is 16.8 Å². The van der Waals surface area contributed by atoms with Gasteiger partial charge < -0.3 is 19.5 Å². The Balaban J connectivity index is 0.000000858. The number of halogens is 2. The molecular weight excluding hydrogens is 439 g/mol. The van der Waals surface area contributed by atoms with Crippen LogP contribution in [0.25, 0.3) is 22.3 Å². The molecule has 2 aromatic heterocycles. The van der Waals surface area contributed by atoms with Gasteiger partial charge in [0.2, 0.25) is 0 Å². The van der Waals surface area contributed by atoms with Gasteiger partial charge in [-0.25, -0.2) is 9.97 Å². The van der Waals surface area contributed by atoms with Crippen molar-refractivity contribution >= 4 is 39.9 Å². The number of methoxy groups -OCH3 is 2. The molecule has 3 heterocycles. The lowest BCUT2D eigenvalue weighted by Crippen LogP contribution is -2.45. The minimum Gasteiger partial charge on any atom is -0.495 e. The number of aryl methyl sites for hydroxylation is 1. The third-order valence-corrected chi connectivity index (χ3v) is 5.61. The summed E-state index contributed by atoms with van der Waals surface area (Å²) in [5, 5.41) is 9.22. The molecule has 0 unspecified atom stereocenters. The number of ether oxygens (including phenoxy) is 2. The van der Waals surface area contributed by atoms with Crippen molar-refractivity contribution in [1.29, 1.82) is 0 Å². The lowest BCUT2D eigenvalue weighted by molar-refractivity contribution is 0.318. The lowest BCUT2D eigenvalue weighted by atomic mass is 10.0. The zero-order valence-corrected chi connectivity index (χ0v) is 19.8. The summed E-state index contributed by atoms with van der Waals surface area (Å²) < 4.78 is 10.8. The highest BCUT2D eigenvalue weighted by Gasteiger charge is 2.28. The van der Waals surface area contributed by atoms with Crippen molar-refractivity contribution in [2.45, 2.75) is 20.8 Å². The number of hydrogen-bond acceptors (Lipinski definition) is 7. The first kappa shape index (κ1) is 23.3. The van der Waals surface area contributed by atoms with Gasteiger partial charge in [-0.05, 0) is 25.8 Å². The predicted octanol–water partition coefficient (Wildman–Crippen LogP) is 4.78. The summed E-state index contributed by atoms with van der Waals surface area (Å²) in [6.45, 7) is 7.98. The molecule has 0 amide bonds. The highest BCUT2D eigenvalue weighted by Crippen LogP contribution is 2.45.